The standard InChI is InChI=1S/C17H32N2O3/c1-14(2)19(11-12-20)13-15-7-9-18(10-8-15)17(21)22-16-5-3-4-6-16/h14-16,20H,3-13H2,1-2H3. The van der Waals surface area contributed by atoms with E-state index in [-0.39, 0.29) is 18.8 Å². The van der Waals surface area contributed by atoms with Gasteiger partial charge >= 0.3 is 6.09 Å². The molecule has 2 fully saturated rings. The maximum atomic E-state index is 12.2. The van der Waals surface area contributed by atoms with Gasteiger partial charge in [-0.3, -0.25) is 4.90 Å². The van der Waals surface area contributed by atoms with Crippen molar-refractivity contribution in [2.75, 3.05) is 32.8 Å². The second-order valence-electron chi connectivity index (χ2n) is 7.03. The molecule has 2 aliphatic rings. The van der Waals surface area contributed by atoms with E-state index in [0.717, 1.165) is 51.9 Å². The van der Waals surface area contributed by atoms with E-state index in [9.17, 15) is 4.79 Å². The average Bonchev–Trinajstić information content (AvgIpc) is 3.00. The highest BCUT2D eigenvalue weighted by Crippen LogP contribution is 2.24. The van der Waals surface area contributed by atoms with Gasteiger partial charge in [0.25, 0.3) is 0 Å². The van der Waals surface area contributed by atoms with Crippen LogP contribution in [0.15, 0.2) is 0 Å². The zero-order chi connectivity index (χ0) is 15.9. The highest BCUT2D eigenvalue weighted by atomic mass is 16.6. The van der Waals surface area contributed by atoms with Crippen molar-refractivity contribution in [2.45, 2.75) is 64.5 Å². The quantitative estimate of drug-likeness (QED) is 0.818. The molecule has 0 unspecified atom stereocenters. The number of amides is 1. The van der Waals surface area contributed by atoms with Crippen molar-refractivity contribution in [1.29, 1.82) is 0 Å². The first-order valence-corrected chi connectivity index (χ1v) is 8.90. The van der Waals surface area contributed by atoms with Crippen molar-refractivity contribution in [2.24, 2.45) is 5.92 Å². The van der Waals surface area contributed by atoms with E-state index < -0.39 is 0 Å². The number of carbonyl (C=O) groups excluding carboxylic acids is 1. The number of rotatable bonds is 6. The van der Waals surface area contributed by atoms with Crippen molar-refractivity contribution in [3.8, 4) is 0 Å². The summed E-state index contributed by atoms with van der Waals surface area (Å²) in [5.41, 5.74) is 0. The first-order valence-electron chi connectivity index (χ1n) is 8.90. The molecule has 0 aromatic carbocycles. The number of likely N-dealkylation sites (tertiary alicyclic amines) is 1. The van der Waals surface area contributed by atoms with Gasteiger partial charge in [0.05, 0.1) is 6.61 Å². The Labute approximate surface area is 134 Å². The van der Waals surface area contributed by atoms with Crippen molar-refractivity contribution in [3.63, 3.8) is 0 Å². The van der Waals surface area contributed by atoms with Crippen molar-refractivity contribution >= 4 is 6.09 Å². The van der Waals surface area contributed by atoms with Crippen LogP contribution in [0.1, 0.15) is 52.4 Å². The Morgan fingerprint density at radius 1 is 1.23 bits per heavy atom. The van der Waals surface area contributed by atoms with Crippen LogP contribution in [0, 0.1) is 5.92 Å². The summed E-state index contributed by atoms with van der Waals surface area (Å²) in [5, 5.41) is 9.15. The molecule has 128 valence electrons. The minimum atomic E-state index is -0.110. The van der Waals surface area contributed by atoms with Crippen LogP contribution in [0.2, 0.25) is 0 Å². The molecular formula is C17H32N2O3. The van der Waals surface area contributed by atoms with E-state index in [2.05, 4.69) is 18.7 Å². The fourth-order valence-electron chi connectivity index (χ4n) is 3.54. The highest BCUT2D eigenvalue weighted by molar-refractivity contribution is 5.67. The minimum absolute atomic E-state index is 0.110. The predicted molar refractivity (Wildman–Crippen MR) is 86.8 cm³/mol. The van der Waals surface area contributed by atoms with Gasteiger partial charge in [0.2, 0.25) is 0 Å². The first kappa shape index (κ1) is 17.5. The second kappa shape index (κ2) is 8.73. The summed E-state index contributed by atoms with van der Waals surface area (Å²) in [6.45, 7) is 7.92. The summed E-state index contributed by atoms with van der Waals surface area (Å²) >= 11 is 0. The number of hydrogen-bond donors (Lipinski definition) is 1. The second-order valence-corrected chi connectivity index (χ2v) is 7.03. The summed E-state index contributed by atoms with van der Waals surface area (Å²) in [4.78, 5) is 16.4. The molecule has 1 saturated heterocycles. The Balaban J connectivity index is 1.71. The number of ether oxygens (including phenoxy) is 1. The van der Waals surface area contributed by atoms with Crippen molar-refractivity contribution < 1.29 is 14.6 Å². The molecule has 1 aliphatic carbocycles. The van der Waals surface area contributed by atoms with Crippen LogP contribution < -0.4 is 0 Å². The lowest BCUT2D eigenvalue weighted by molar-refractivity contribution is 0.0500. The summed E-state index contributed by atoms with van der Waals surface area (Å²) in [7, 11) is 0. The molecule has 0 radical (unpaired) electrons. The maximum Gasteiger partial charge on any atom is 0.410 e. The van der Waals surface area contributed by atoms with Crippen LogP contribution in [0.3, 0.4) is 0 Å². The van der Waals surface area contributed by atoms with Crippen molar-refractivity contribution in [1.82, 2.24) is 9.80 Å². The lowest BCUT2D eigenvalue weighted by Gasteiger charge is -2.36. The summed E-state index contributed by atoms with van der Waals surface area (Å²) in [6.07, 6.45) is 6.57. The molecule has 1 amide bonds. The monoisotopic (exact) mass is 312 g/mol. The Morgan fingerprint density at radius 2 is 1.86 bits per heavy atom. The van der Waals surface area contributed by atoms with E-state index >= 15 is 0 Å². The smallest absolute Gasteiger partial charge is 0.410 e. The highest BCUT2D eigenvalue weighted by Gasteiger charge is 2.28. The number of piperidine rings is 1. The molecule has 5 nitrogen and oxygen atoms in total. The number of carbonyl (C=O) groups is 1. The molecule has 1 saturated carbocycles. The molecule has 22 heavy (non-hydrogen) atoms. The third-order valence-electron chi connectivity index (χ3n) is 5.05. The third-order valence-corrected chi connectivity index (χ3v) is 5.05. The zero-order valence-electron chi connectivity index (χ0n) is 14.2. The maximum absolute atomic E-state index is 12.2. The van der Waals surface area contributed by atoms with E-state index in [4.69, 9.17) is 9.84 Å². The van der Waals surface area contributed by atoms with Crippen LogP contribution in [-0.2, 0) is 4.74 Å². The number of nitrogens with zero attached hydrogens (tertiary/aromatic N) is 2. The molecule has 5 heteroatoms. The van der Waals surface area contributed by atoms with Gasteiger partial charge in [0.15, 0.2) is 0 Å². The number of aliphatic hydroxyl groups excluding tert-OH is 1. The number of aliphatic hydroxyl groups is 1. The van der Waals surface area contributed by atoms with Gasteiger partial charge in [-0.1, -0.05) is 0 Å². The summed E-state index contributed by atoms with van der Waals surface area (Å²) < 4.78 is 5.59. The van der Waals surface area contributed by atoms with Gasteiger partial charge in [-0.25, -0.2) is 4.79 Å². The van der Waals surface area contributed by atoms with Crippen LogP contribution in [0.25, 0.3) is 0 Å². The Morgan fingerprint density at radius 3 is 2.41 bits per heavy atom. The molecule has 2 rings (SSSR count). The van der Waals surface area contributed by atoms with Crippen LogP contribution in [-0.4, -0.2) is 65.9 Å². The van der Waals surface area contributed by atoms with E-state index in [1.807, 2.05) is 4.90 Å². The Bertz CT molecular complexity index is 335. The van der Waals surface area contributed by atoms with Crippen LogP contribution in [0.5, 0.6) is 0 Å². The van der Waals surface area contributed by atoms with Crippen molar-refractivity contribution in [3.05, 3.63) is 0 Å². The van der Waals surface area contributed by atoms with E-state index in [0.29, 0.717) is 12.0 Å². The van der Waals surface area contributed by atoms with Crippen LogP contribution in [0.4, 0.5) is 4.79 Å². The number of hydrogen-bond acceptors (Lipinski definition) is 4. The van der Waals surface area contributed by atoms with Gasteiger partial charge in [-0.05, 0) is 58.3 Å². The molecule has 0 aromatic heterocycles. The van der Waals surface area contributed by atoms with Gasteiger partial charge in [0.1, 0.15) is 6.10 Å². The van der Waals surface area contributed by atoms with Gasteiger partial charge in [0, 0.05) is 32.2 Å². The molecule has 1 aliphatic heterocycles. The third kappa shape index (κ3) is 5.13. The molecule has 1 heterocycles. The first-order chi connectivity index (χ1) is 10.6. The largest absolute Gasteiger partial charge is 0.446 e. The normalized spacial score (nSPS) is 21.0. The fourth-order valence-corrected chi connectivity index (χ4v) is 3.54. The summed E-state index contributed by atoms with van der Waals surface area (Å²) in [5.74, 6) is 0.615. The van der Waals surface area contributed by atoms with Gasteiger partial charge < -0.3 is 14.7 Å². The predicted octanol–water partition coefficient (Wildman–Crippen LogP) is 2.48. The molecule has 0 aromatic rings. The van der Waals surface area contributed by atoms with Crippen LogP contribution >= 0.6 is 0 Å². The average molecular weight is 312 g/mol. The molecule has 0 spiro atoms. The SMILES string of the molecule is CC(C)N(CCO)CC1CCN(C(=O)OC2CCCC2)CC1. The van der Waals surface area contributed by atoms with Gasteiger partial charge in [-0.15, -0.1) is 0 Å². The molecule has 0 atom stereocenters. The minimum Gasteiger partial charge on any atom is -0.446 e. The van der Waals surface area contributed by atoms with E-state index in [1.165, 1.54) is 12.8 Å². The van der Waals surface area contributed by atoms with Gasteiger partial charge in [-0.2, -0.15) is 0 Å². The Hall–Kier alpha value is -0.810. The summed E-state index contributed by atoms with van der Waals surface area (Å²) in [6, 6.07) is 0.456. The van der Waals surface area contributed by atoms with E-state index in [1.54, 1.807) is 0 Å². The zero-order valence-corrected chi connectivity index (χ0v) is 14.2. The molecule has 0 bridgehead atoms. The lowest BCUT2D eigenvalue weighted by Crippen LogP contribution is -2.44. The fraction of sp³-hybridized carbons (Fsp3) is 0.941. The molecule has 1 N–H and O–H groups in total. The lowest BCUT2D eigenvalue weighted by atomic mass is 9.96. The topological polar surface area (TPSA) is 53.0 Å². The molecular weight excluding hydrogens is 280 g/mol. The Kier molecular flexibility index (Phi) is 6.96.